The summed E-state index contributed by atoms with van der Waals surface area (Å²) in [6.07, 6.45) is 0. The molecule has 0 bridgehead atoms. The Balaban J connectivity index is 1.49. The molecule has 0 aliphatic rings. The fourth-order valence-corrected chi connectivity index (χ4v) is 3.18. The molecule has 2 N–H and O–H groups in total. The van der Waals surface area contributed by atoms with E-state index in [9.17, 15) is 9.90 Å². The SMILES string of the molecule is Cc1ccc(Nc2nnc(COc3cc(=O)oc4cc(O)ccc34)s2)cc1. The second-order valence-corrected chi connectivity index (χ2v) is 6.95. The predicted molar refractivity (Wildman–Crippen MR) is 103 cm³/mol. The highest BCUT2D eigenvalue weighted by atomic mass is 32.1. The Morgan fingerprint density at radius 2 is 1.96 bits per heavy atom. The number of phenols is 1. The van der Waals surface area contributed by atoms with Crippen LogP contribution in [0.5, 0.6) is 11.5 Å². The summed E-state index contributed by atoms with van der Waals surface area (Å²) in [5.74, 6) is 0.378. The monoisotopic (exact) mass is 381 g/mol. The number of benzene rings is 2. The van der Waals surface area contributed by atoms with Gasteiger partial charge in [0.05, 0.1) is 11.5 Å². The maximum Gasteiger partial charge on any atom is 0.339 e. The Kier molecular flexibility index (Phi) is 4.47. The highest BCUT2D eigenvalue weighted by Gasteiger charge is 2.10. The lowest BCUT2D eigenvalue weighted by Gasteiger charge is -2.06. The van der Waals surface area contributed by atoms with E-state index in [2.05, 4.69) is 15.5 Å². The Morgan fingerprint density at radius 1 is 1.15 bits per heavy atom. The van der Waals surface area contributed by atoms with Gasteiger partial charge in [-0.25, -0.2) is 4.79 Å². The second kappa shape index (κ2) is 7.08. The normalized spacial score (nSPS) is 10.9. The van der Waals surface area contributed by atoms with E-state index in [0.29, 0.717) is 21.3 Å². The number of hydrogen-bond donors (Lipinski definition) is 2. The lowest BCUT2D eigenvalue weighted by molar-refractivity contribution is 0.305. The van der Waals surface area contributed by atoms with Crippen molar-refractivity contribution >= 4 is 33.1 Å². The molecule has 8 heteroatoms. The summed E-state index contributed by atoms with van der Waals surface area (Å²) >= 11 is 1.36. The van der Waals surface area contributed by atoms with Crippen molar-refractivity contribution in [1.29, 1.82) is 0 Å². The molecule has 0 amide bonds. The number of rotatable bonds is 5. The zero-order valence-electron chi connectivity index (χ0n) is 14.3. The Hall–Kier alpha value is -3.39. The van der Waals surface area contributed by atoms with E-state index >= 15 is 0 Å². The van der Waals surface area contributed by atoms with Gasteiger partial charge in [-0.2, -0.15) is 0 Å². The highest BCUT2D eigenvalue weighted by Crippen LogP contribution is 2.28. The quantitative estimate of drug-likeness (QED) is 0.505. The molecule has 0 fully saturated rings. The van der Waals surface area contributed by atoms with Crippen molar-refractivity contribution in [3.8, 4) is 11.5 Å². The van der Waals surface area contributed by atoms with Crippen LogP contribution in [0.2, 0.25) is 0 Å². The molecule has 0 radical (unpaired) electrons. The zero-order chi connectivity index (χ0) is 18.8. The molecule has 7 nitrogen and oxygen atoms in total. The summed E-state index contributed by atoms with van der Waals surface area (Å²) in [6, 6.07) is 13.7. The molecule has 4 aromatic rings. The van der Waals surface area contributed by atoms with Gasteiger partial charge in [-0.3, -0.25) is 0 Å². The third kappa shape index (κ3) is 3.90. The molecule has 4 rings (SSSR count). The van der Waals surface area contributed by atoms with Crippen molar-refractivity contribution in [2.45, 2.75) is 13.5 Å². The molecule has 0 saturated heterocycles. The van der Waals surface area contributed by atoms with E-state index in [1.54, 1.807) is 6.07 Å². The van der Waals surface area contributed by atoms with Crippen LogP contribution in [0, 0.1) is 6.92 Å². The number of nitrogens with one attached hydrogen (secondary N) is 1. The lowest BCUT2D eigenvalue weighted by atomic mass is 10.2. The van der Waals surface area contributed by atoms with Gasteiger partial charge in [0, 0.05) is 11.8 Å². The van der Waals surface area contributed by atoms with Gasteiger partial charge >= 0.3 is 5.63 Å². The van der Waals surface area contributed by atoms with Gasteiger partial charge in [0.25, 0.3) is 0 Å². The van der Waals surface area contributed by atoms with Gasteiger partial charge in [-0.05, 0) is 31.2 Å². The minimum atomic E-state index is -0.554. The maximum absolute atomic E-state index is 11.7. The lowest BCUT2D eigenvalue weighted by Crippen LogP contribution is -2.02. The third-order valence-corrected chi connectivity index (χ3v) is 4.62. The van der Waals surface area contributed by atoms with Gasteiger partial charge in [0.2, 0.25) is 5.13 Å². The van der Waals surface area contributed by atoms with Gasteiger partial charge < -0.3 is 19.6 Å². The second-order valence-electron chi connectivity index (χ2n) is 5.89. The average molecular weight is 381 g/mol. The molecule has 136 valence electrons. The smallest absolute Gasteiger partial charge is 0.339 e. The molecule has 0 spiro atoms. The Labute approximate surface area is 157 Å². The predicted octanol–water partition coefficient (Wildman–Crippen LogP) is 3.98. The molecular weight excluding hydrogens is 366 g/mol. The Morgan fingerprint density at radius 3 is 2.78 bits per heavy atom. The summed E-state index contributed by atoms with van der Waals surface area (Å²) in [5, 5.41) is 22.8. The fourth-order valence-electron chi connectivity index (χ4n) is 2.50. The van der Waals surface area contributed by atoms with Crippen LogP contribution >= 0.6 is 11.3 Å². The van der Waals surface area contributed by atoms with E-state index in [-0.39, 0.29) is 17.9 Å². The first kappa shape index (κ1) is 17.0. The van der Waals surface area contributed by atoms with E-state index in [1.165, 1.54) is 35.1 Å². The molecule has 0 saturated carbocycles. The first-order chi connectivity index (χ1) is 13.1. The summed E-state index contributed by atoms with van der Waals surface area (Å²) < 4.78 is 10.8. The van der Waals surface area contributed by atoms with Crippen molar-refractivity contribution in [3.05, 3.63) is 69.5 Å². The van der Waals surface area contributed by atoms with Gasteiger partial charge in [0.15, 0.2) is 5.01 Å². The third-order valence-electron chi connectivity index (χ3n) is 3.81. The summed E-state index contributed by atoms with van der Waals surface area (Å²) in [7, 11) is 0. The van der Waals surface area contributed by atoms with Crippen LogP contribution in [-0.4, -0.2) is 15.3 Å². The molecule has 0 unspecified atom stereocenters. The van der Waals surface area contributed by atoms with Crippen LogP contribution < -0.4 is 15.7 Å². The van der Waals surface area contributed by atoms with Crippen molar-refractivity contribution in [2.24, 2.45) is 0 Å². The number of aromatic nitrogens is 2. The summed E-state index contributed by atoms with van der Waals surface area (Å²) in [4.78, 5) is 11.7. The summed E-state index contributed by atoms with van der Waals surface area (Å²) in [6.45, 7) is 2.19. The number of anilines is 2. The number of hydrogen-bond acceptors (Lipinski definition) is 8. The first-order valence-electron chi connectivity index (χ1n) is 8.12. The van der Waals surface area contributed by atoms with Crippen LogP contribution in [0.4, 0.5) is 10.8 Å². The van der Waals surface area contributed by atoms with Crippen LogP contribution in [0.1, 0.15) is 10.6 Å². The van der Waals surface area contributed by atoms with Crippen LogP contribution in [0.25, 0.3) is 11.0 Å². The summed E-state index contributed by atoms with van der Waals surface area (Å²) in [5.41, 5.74) is 1.81. The average Bonchev–Trinajstić information content (AvgIpc) is 3.08. The Bertz CT molecular complexity index is 1150. The minimum absolute atomic E-state index is 0.0127. The zero-order valence-corrected chi connectivity index (χ0v) is 15.1. The van der Waals surface area contributed by atoms with Gasteiger partial charge in [-0.1, -0.05) is 29.0 Å². The number of nitrogens with zero attached hydrogens (tertiary/aromatic N) is 2. The first-order valence-corrected chi connectivity index (χ1v) is 8.94. The van der Waals surface area contributed by atoms with Gasteiger partial charge in [-0.15, -0.1) is 10.2 Å². The van der Waals surface area contributed by atoms with E-state index in [4.69, 9.17) is 9.15 Å². The standard InChI is InChI=1S/C19H15N3O4S/c1-11-2-4-12(5-3-11)20-19-22-21-17(27-19)10-25-15-9-18(24)26-16-8-13(23)6-7-14(15)16/h2-9,23H,10H2,1H3,(H,20,22). The fraction of sp³-hybridized carbons (Fsp3) is 0.105. The molecule has 2 aromatic heterocycles. The van der Waals surface area contributed by atoms with E-state index in [1.807, 2.05) is 31.2 Å². The maximum atomic E-state index is 11.7. The number of aryl methyl sites for hydroxylation is 1. The minimum Gasteiger partial charge on any atom is -0.508 e. The van der Waals surface area contributed by atoms with Crippen molar-refractivity contribution < 1.29 is 14.3 Å². The van der Waals surface area contributed by atoms with Crippen LogP contribution in [-0.2, 0) is 6.61 Å². The number of phenolic OH excluding ortho intramolecular Hbond substituents is 1. The molecule has 2 heterocycles. The molecule has 2 aromatic carbocycles. The van der Waals surface area contributed by atoms with Crippen LogP contribution in [0.15, 0.2) is 57.7 Å². The number of aromatic hydroxyl groups is 1. The van der Waals surface area contributed by atoms with Crippen molar-refractivity contribution in [3.63, 3.8) is 0 Å². The molecular formula is C19H15N3O4S. The van der Waals surface area contributed by atoms with Crippen LogP contribution in [0.3, 0.4) is 0 Å². The number of fused-ring (bicyclic) bond motifs is 1. The molecule has 0 atom stereocenters. The van der Waals surface area contributed by atoms with E-state index in [0.717, 1.165) is 5.69 Å². The largest absolute Gasteiger partial charge is 0.508 e. The topological polar surface area (TPSA) is 97.5 Å². The molecule has 0 aliphatic heterocycles. The van der Waals surface area contributed by atoms with E-state index < -0.39 is 5.63 Å². The molecule has 0 aliphatic carbocycles. The number of ether oxygens (including phenoxy) is 1. The van der Waals surface area contributed by atoms with Gasteiger partial charge in [0.1, 0.15) is 23.7 Å². The highest BCUT2D eigenvalue weighted by molar-refractivity contribution is 7.15. The van der Waals surface area contributed by atoms with Crippen molar-refractivity contribution in [1.82, 2.24) is 10.2 Å². The van der Waals surface area contributed by atoms with Crippen molar-refractivity contribution in [2.75, 3.05) is 5.32 Å². The molecule has 27 heavy (non-hydrogen) atoms.